The number of pyridine rings is 1. The largest absolute Gasteiger partial charge is 0.459 e. The highest BCUT2D eigenvalue weighted by atomic mass is 32.1. The van der Waals surface area contributed by atoms with Crippen molar-refractivity contribution in [3.63, 3.8) is 0 Å². The Balaban J connectivity index is 1.06. The van der Waals surface area contributed by atoms with Gasteiger partial charge in [0.25, 0.3) is 0 Å². The van der Waals surface area contributed by atoms with Gasteiger partial charge < -0.3 is 30.4 Å². The number of nitrogens with zero attached hydrogens (tertiary/aromatic N) is 2. The van der Waals surface area contributed by atoms with E-state index in [-0.39, 0.29) is 44.2 Å². The van der Waals surface area contributed by atoms with Crippen molar-refractivity contribution in [2.75, 3.05) is 6.54 Å². The topological polar surface area (TPSA) is 154 Å². The minimum absolute atomic E-state index is 0.0329. The van der Waals surface area contributed by atoms with Crippen LogP contribution in [0.2, 0.25) is 0 Å². The molecule has 2 aromatic carbocycles. The Labute approximate surface area is 306 Å². The van der Waals surface area contributed by atoms with E-state index in [2.05, 4.69) is 20.9 Å². The number of benzene rings is 2. The van der Waals surface area contributed by atoms with Gasteiger partial charge in [0.05, 0.1) is 6.10 Å². The molecule has 1 fully saturated rings. The van der Waals surface area contributed by atoms with E-state index in [0.29, 0.717) is 11.3 Å². The molecule has 3 aromatic heterocycles. The van der Waals surface area contributed by atoms with Crippen LogP contribution in [0.5, 0.6) is 0 Å². The first-order valence-corrected chi connectivity index (χ1v) is 18.2. The zero-order chi connectivity index (χ0) is 36.8. The van der Waals surface area contributed by atoms with Gasteiger partial charge in [-0.1, -0.05) is 75.4 Å². The van der Waals surface area contributed by atoms with Gasteiger partial charge in [0.1, 0.15) is 29.5 Å². The molecule has 6 rings (SSSR count). The third kappa shape index (κ3) is 8.75. The van der Waals surface area contributed by atoms with E-state index < -0.39 is 41.5 Å². The number of aromatic nitrogens is 1. The highest BCUT2D eigenvalue weighted by molar-refractivity contribution is 7.13. The van der Waals surface area contributed by atoms with Crippen molar-refractivity contribution in [3.8, 4) is 10.4 Å². The Hall–Kier alpha value is -5.33. The first-order valence-electron chi connectivity index (χ1n) is 17.3. The van der Waals surface area contributed by atoms with Crippen LogP contribution < -0.4 is 16.0 Å². The summed E-state index contributed by atoms with van der Waals surface area (Å²) in [5.41, 5.74) is 2.66. The molecule has 11 nitrogen and oxygen atoms in total. The summed E-state index contributed by atoms with van der Waals surface area (Å²) in [7, 11) is 0. The molecule has 270 valence electrons. The van der Waals surface area contributed by atoms with Crippen molar-refractivity contribution < 1.29 is 28.7 Å². The molecule has 5 aromatic rings. The molecule has 0 spiro atoms. The van der Waals surface area contributed by atoms with E-state index in [1.165, 1.54) is 4.90 Å². The lowest BCUT2D eigenvalue weighted by Crippen LogP contribution is -2.57. The summed E-state index contributed by atoms with van der Waals surface area (Å²) < 4.78 is 6.05. The minimum atomic E-state index is -1.01. The summed E-state index contributed by atoms with van der Waals surface area (Å²) in [5, 5.41) is 22.2. The molecular formula is C40H43N5O6S. The fourth-order valence-electron chi connectivity index (χ4n) is 6.36. The smallest absolute Gasteiger partial charge is 0.246 e. The maximum absolute atomic E-state index is 14.0. The number of aliphatic hydroxyl groups excluding tert-OH is 1. The zero-order valence-corrected chi connectivity index (χ0v) is 30.2. The van der Waals surface area contributed by atoms with Crippen LogP contribution in [0.25, 0.3) is 21.4 Å². The highest BCUT2D eigenvalue weighted by Gasteiger charge is 2.44. The van der Waals surface area contributed by atoms with Crippen molar-refractivity contribution in [1.82, 2.24) is 25.8 Å². The lowest BCUT2D eigenvalue weighted by molar-refractivity contribution is -0.144. The number of rotatable bonds is 12. The van der Waals surface area contributed by atoms with E-state index in [0.717, 1.165) is 27.0 Å². The second kappa shape index (κ2) is 15.9. The number of carbonyl (C=O) groups excluding carboxylic acids is 4. The van der Waals surface area contributed by atoms with Gasteiger partial charge in [-0.3, -0.25) is 24.2 Å². The summed E-state index contributed by atoms with van der Waals surface area (Å²) >= 11 is 1.65. The summed E-state index contributed by atoms with van der Waals surface area (Å²) in [6.45, 7) is 5.67. The first-order chi connectivity index (χ1) is 25.0. The van der Waals surface area contributed by atoms with Crippen molar-refractivity contribution in [3.05, 3.63) is 114 Å². The number of hydrogen-bond acceptors (Lipinski definition) is 8. The predicted molar refractivity (Wildman–Crippen MR) is 199 cm³/mol. The van der Waals surface area contributed by atoms with Crippen LogP contribution in [0, 0.1) is 5.41 Å². The quantitative estimate of drug-likeness (QED) is 0.136. The molecular weight excluding hydrogens is 679 g/mol. The number of fused-ring (bicyclic) bond motifs is 1. The van der Waals surface area contributed by atoms with Crippen molar-refractivity contribution in [2.24, 2.45) is 5.41 Å². The van der Waals surface area contributed by atoms with E-state index in [1.807, 2.05) is 98.9 Å². The number of carbonyl (C=O) groups is 4. The van der Waals surface area contributed by atoms with Gasteiger partial charge in [-0.05, 0) is 46.2 Å². The number of thiophene rings is 1. The van der Waals surface area contributed by atoms with Gasteiger partial charge in [-0.15, -0.1) is 11.3 Å². The van der Waals surface area contributed by atoms with Crippen LogP contribution in [-0.2, 0) is 25.7 Å². The summed E-state index contributed by atoms with van der Waals surface area (Å²) in [6, 6.07) is 22.4. The van der Waals surface area contributed by atoms with Crippen LogP contribution in [0.1, 0.15) is 63.0 Å². The van der Waals surface area contributed by atoms with Gasteiger partial charge in [0.15, 0.2) is 0 Å². The first kappa shape index (κ1) is 36.5. The van der Waals surface area contributed by atoms with Crippen molar-refractivity contribution in [1.29, 1.82) is 0 Å². The van der Waals surface area contributed by atoms with Crippen LogP contribution in [0.3, 0.4) is 0 Å². The molecule has 4 atom stereocenters. The molecule has 1 unspecified atom stereocenters. The highest BCUT2D eigenvalue weighted by Crippen LogP contribution is 2.29. The second-order valence-corrected chi connectivity index (χ2v) is 15.1. The molecule has 1 aliphatic rings. The molecule has 4 N–H and O–H groups in total. The number of aliphatic hydroxyl groups is 1. The average molecular weight is 722 g/mol. The number of likely N-dealkylation sites (tertiary alicyclic amines) is 1. The van der Waals surface area contributed by atoms with Gasteiger partial charge in [0.2, 0.25) is 23.6 Å². The third-order valence-electron chi connectivity index (χ3n) is 9.14. The van der Waals surface area contributed by atoms with E-state index in [4.69, 9.17) is 4.42 Å². The predicted octanol–water partition coefficient (Wildman–Crippen LogP) is 5.35. The summed E-state index contributed by atoms with van der Waals surface area (Å²) in [4.78, 5) is 60.6. The molecule has 1 saturated heterocycles. The Morgan fingerprint density at radius 2 is 1.71 bits per heavy atom. The molecule has 12 heteroatoms. The van der Waals surface area contributed by atoms with Gasteiger partial charge in [-0.2, -0.15) is 0 Å². The van der Waals surface area contributed by atoms with Gasteiger partial charge >= 0.3 is 0 Å². The molecule has 1 aliphatic heterocycles. The standard InChI is InChI=1S/C40H43N5O6S/c1-40(2,3)37(39(50)45-24-29(46)21-30(45)38(49)42-22-25-12-14-26(15-13-25)33-11-7-19-52-33)44-35(48)17-16-34(47)43-36(28-9-6-18-41-23-28)32-20-27-8-4-5-10-31(27)51-32/h4-15,18-20,23,29-30,36-37,46H,16-17,21-22,24H2,1-3H3,(H,42,49)(H,43,47)(H,44,48)/t29-,30+,36?,37-/m1/s1. The number of hydrogen-bond donors (Lipinski definition) is 4. The lowest BCUT2D eigenvalue weighted by Gasteiger charge is -2.35. The molecule has 4 amide bonds. The maximum atomic E-state index is 14.0. The second-order valence-electron chi connectivity index (χ2n) is 14.1. The van der Waals surface area contributed by atoms with E-state index >= 15 is 0 Å². The van der Waals surface area contributed by atoms with Crippen molar-refractivity contribution >= 4 is 45.9 Å². The number of para-hydroxylation sites is 1. The SMILES string of the molecule is CC(C)(C)[C@H](NC(=O)CCC(=O)NC(c1cccnc1)c1cc2ccccc2o1)C(=O)N1C[C@H](O)C[C@H]1C(=O)NCc1ccc(-c2cccs2)cc1. The third-order valence-corrected chi connectivity index (χ3v) is 10.1. The van der Waals surface area contributed by atoms with Crippen LogP contribution >= 0.6 is 11.3 Å². The number of amides is 4. The molecule has 0 radical (unpaired) electrons. The lowest BCUT2D eigenvalue weighted by atomic mass is 9.85. The van der Waals surface area contributed by atoms with Gasteiger partial charge in [0, 0.05) is 60.6 Å². The van der Waals surface area contributed by atoms with E-state index in [9.17, 15) is 24.3 Å². The normalized spacial score (nSPS) is 17.0. The van der Waals surface area contributed by atoms with Crippen LogP contribution in [0.15, 0.2) is 101 Å². The number of furan rings is 1. The average Bonchev–Trinajstić information content (AvgIpc) is 3.91. The van der Waals surface area contributed by atoms with Crippen molar-refractivity contribution in [2.45, 2.75) is 70.8 Å². The van der Waals surface area contributed by atoms with Crippen LogP contribution in [0.4, 0.5) is 0 Å². The summed E-state index contributed by atoms with van der Waals surface area (Å²) in [5.74, 6) is -1.19. The fraction of sp³-hybridized carbons (Fsp3) is 0.325. The van der Waals surface area contributed by atoms with Crippen LogP contribution in [-0.4, -0.2) is 63.4 Å². The fourth-order valence-corrected chi connectivity index (χ4v) is 7.09. The Morgan fingerprint density at radius 1 is 0.962 bits per heavy atom. The molecule has 0 aliphatic carbocycles. The molecule has 0 bridgehead atoms. The Kier molecular flexibility index (Phi) is 11.2. The zero-order valence-electron chi connectivity index (χ0n) is 29.4. The van der Waals surface area contributed by atoms with E-state index in [1.54, 1.807) is 29.8 Å². The molecule has 4 heterocycles. The monoisotopic (exact) mass is 721 g/mol. The number of nitrogens with one attached hydrogen (secondary N) is 3. The molecule has 0 saturated carbocycles. The summed E-state index contributed by atoms with van der Waals surface area (Å²) in [6.07, 6.45) is 2.17. The van der Waals surface area contributed by atoms with Gasteiger partial charge in [-0.25, -0.2) is 0 Å². The Morgan fingerprint density at radius 3 is 2.38 bits per heavy atom. The molecule has 52 heavy (non-hydrogen) atoms. The minimum Gasteiger partial charge on any atom is -0.459 e. The Bertz CT molecular complexity index is 1970. The maximum Gasteiger partial charge on any atom is 0.246 e. The number of β-amino-alcohol motifs (C(OH)–C–C–N with tert-alkyl or cyclic N) is 1.